The summed E-state index contributed by atoms with van der Waals surface area (Å²) in [5.74, 6) is -3.65. The first-order valence-electron chi connectivity index (χ1n) is 20.9. The van der Waals surface area contributed by atoms with Crippen LogP contribution in [0.3, 0.4) is 0 Å². The molecule has 12 N–H and O–H groups in total. The van der Waals surface area contributed by atoms with Gasteiger partial charge in [-0.3, -0.25) is 33.6 Å². The zero-order valence-electron chi connectivity index (χ0n) is 35.1. The van der Waals surface area contributed by atoms with Crippen molar-refractivity contribution >= 4 is 41.4 Å². The number of nitrogens with two attached hydrogens (primary N) is 3. The van der Waals surface area contributed by atoms with Crippen LogP contribution in [-0.2, 0) is 40.0 Å². The maximum absolute atomic E-state index is 14.3. The lowest BCUT2D eigenvalue weighted by Crippen LogP contribution is -2.60. The van der Waals surface area contributed by atoms with Crippen molar-refractivity contribution in [2.75, 3.05) is 33.2 Å². The van der Waals surface area contributed by atoms with Gasteiger partial charge in [0.05, 0.1) is 12.6 Å². The third-order valence-corrected chi connectivity index (χ3v) is 10.5. The van der Waals surface area contributed by atoms with Crippen LogP contribution in [0.25, 0.3) is 0 Å². The highest BCUT2D eigenvalue weighted by Gasteiger charge is 2.40. The molecule has 0 spiro atoms. The molecule has 1 heterocycles. The predicted octanol–water partition coefficient (Wildman–Crippen LogP) is -0.301. The van der Waals surface area contributed by atoms with E-state index in [9.17, 15) is 33.6 Å². The number of likely N-dealkylation sites (tertiary alicyclic amines) is 1. The van der Waals surface area contributed by atoms with E-state index in [1.54, 1.807) is 0 Å². The number of nitrogens with zero attached hydrogens (tertiary/aromatic N) is 1. The summed E-state index contributed by atoms with van der Waals surface area (Å²) < 4.78 is 0. The average molecular weight is 815 g/mol. The van der Waals surface area contributed by atoms with Gasteiger partial charge in [-0.2, -0.15) is 0 Å². The molecule has 7 atom stereocenters. The molecular formula is C41H70N10O7. The van der Waals surface area contributed by atoms with Crippen molar-refractivity contribution in [3.8, 4) is 0 Å². The molecule has 326 valence electrons. The highest BCUT2D eigenvalue weighted by atomic mass is 16.2. The Bertz CT molecular complexity index is 1480. The van der Waals surface area contributed by atoms with Gasteiger partial charge in [-0.25, -0.2) is 0 Å². The van der Waals surface area contributed by atoms with Crippen molar-refractivity contribution < 1.29 is 33.6 Å². The van der Waals surface area contributed by atoms with Crippen LogP contribution in [0.2, 0.25) is 0 Å². The zero-order valence-corrected chi connectivity index (χ0v) is 35.1. The molecule has 0 saturated carbocycles. The largest absolute Gasteiger partial charge is 0.358 e. The van der Waals surface area contributed by atoms with E-state index >= 15 is 0 Å². The van der Waals surface area contributed by atoms with Crippen LogP contribution >= 0.6 is 0 Å². The third kappa shape index (κ3) is 16.7. The number of rotatable bonds is 26. The molecule has 1 aliphatic rings. The second-order valence-electron chi connectivity index (χ2n) is 15.6. The number of likely N-dealkylation sites (N-methyl/N-ethyl adjacent to an activating group) is 1. The number of hydrogen-bond donors (Lipinski definition) is 9. The van der Waals surface area contributed by atoms with Crippen molar-refractivity contribution in [3.63, 3.8) is 0 Å². The lowest BCUT2D eigenvalue weighted by molar-refractivity contribution is -0.142. The van der Waals surface area contributed by atoms with Crippen LogP contribution in [0.1, 0.15) is 97.5 Å². The van der Waals surface area contributed by atoms with Crippen molar-refractivity contribution in [2.45, 2.75) is 135 Å². The third-order valence-electron chi connectivity index (χ3n) is 10.5. The first-order chi connectivity index (χ1) is 27.7. The smallest absolute Gasteiger partial charge is 0.245 e. The lowest BCUT2D eigenvalue weighted by atomic mass is 9.96. The quantitative estimate of drug-likeness (QED) is 0.0551. The van der Waals surface area contributed by atoms with Crippen molar-refractivity contribution in [1.82, 2.24) is 36.8 Å². The van der Waals surface area contributed by atoms with E-state index in [1.807, 2.05) is 58.0 Å². The number of hydrogen-bond acceptors (Lipinski definition) is 10. The van der Waals surface area contributed by atoms with Crippen LogP contribution in [0.15, 0.2) is 30.3 Å². The van der Waals surface area contributed by atoms with Crippen molar-refractivity contribution in [3.05, 3.63) is 35.9 Å². The summed E-state index contributed by atoms with van der Waals surface area (Å²) in [6.45, 7) is 8.35. The lowest BCUT2D eigenvalue weighted by Gasteiger charge is -2.31. The van der Waals surface area contributed by atoms with Gasteiger partial charge in [-0.1, -0.05) is 64.4 Å². The number of amides is 7. The standard InChI is InChI=1S/C41H70N10O7/c1-6-27(4)35(50-36(53)29(44)23-26(2)3)40(57)47-30(17-10-12-20-42)38(55)48-31(18-11-13-21-43)41(58)51-22-14-19-33(51)39(56)49-32(24-28-15-8-7-9-16-28)37(54)46-25-34(52)45-5/h7-9,15-16,26-27,29-33,35H,6,10-14,17-25,42-44H2,1-5H3,(H,45,52)(H,46,54)(H,47,57)(H,48,55)(H,49,56)(H,50,53). The molecule has 1 aromatic carbocycles. The fourth-order valence-electron chi connectivity index (χ4n) is 6.83. The molecule has 58 heavy (non-hydrogen) atoms. The van der Waals surface area contributed by atoms with Gasteiger partial charge >= 0.3 is 0 Å². The minimum atomic E-state index is -1.05. The maximum atomic E-state index is 14.3. The molecule has 1 aromatic rings. The molecule has 0 aliphatic carbocycles. The van der Waals surface area contributed by atoms with Crippen LogP contribution in [0.4, 0.5) is 0 Å². The summed E-state index contributed by atoms with van der Waals surface area (Å²) in [5, 5.41) is 16.3. The molecule has 1 aliphatic heterocycles. The number of carbonyl (C=O) groups excluding carboxylic acids is 7. The monoisotopic (exact) mass is 815 g/mol. The van der Waals surface area contributed by atoms with Gasteiger partial charge in [-0.05, 0) is 88.3 Å². The molecular weight excluding hydrogens is 745 g/mol. The molecule has 0 bridgehead atoms. The van der Waals surface area contributed by atoms with E-state index in [1.165, 1.54) is 11.9 Å². The molecule has 7 amide bonds. The molecule has 7 unspecified atom stereocenters. The first-order valence-corrected chi connectivity index (χ1v) is 20.9. The SMILES string of the molecule is CCC(C)C(NC(=O)C(N)CC(C)C)C(=O)NC(CCCCN)C(=O)NC(CCCCN)C(=O)N1CCCC1C(=O)NC(Cc1ccccc1)C(=O)NCC(=O)NC. The summed E-state index contributed by atoms with van der Waals surface area (Å²) >= 11 is 0. The van der Waals surface area contributed by atoms with Gasteiger partial charge in [0.15, 0.2) is 0 Å². The van der Waals surface area contributed by atoms with Crippen LogP contribution in [0.5, 0.6) is 0 Å². The number of nitrogens with one attached hydrogen (secondary N) is 6. The molecule has 17 nitrogen and oxygen atoms in total. The molecule has 0 aromatic heterocycles. The van der Waals surface area contributed by atoms with Gasteiger partial charge in [0, 0.05) is 20.0 Å². The van der Waals surface area contributed by atoms with Crippen molar-refractivity contribution in [1.29, 1.82) is 0 Å². The Balaban J connectivity index is 2.32. The summed E-state index contributed by atoms with van der Waals surface area (Å²) in [4.78, 5) is 95.7. The first kappa shape index (κ1) is 49.5. The maximum Gasteiger partial charge on any atom is 0.245 e. The van der Waals surface area contributed by atoms with Crippen molar-refractivity contribution in [2.24, 2.45) is 29.0 Å². The normalized spacial score (nSPS) is 16.9. The van der Waals surface area contributed by atoms with Crippen LogP contribution < -0.4 is 49.1 Å². The van der Waals surface area contributed by atoms with E-state index in [4.69, 9.17) is 17.2 Å². The summed E-state index contributed by atoms with van der Waals surface area (Å²) in [6.07, 6.45) is 4.65. The Morgan fingerprint density at radius 2 is 1.40 bits per heavy atom. The van der Waals surface area contributed by atoms with Gasteiger partial charge < -0.3 is 54.0 Å². The molecule has 1 saturated heterocycles. The number of unbranched alkanes of at least 4 members (excludes halogenated alkanes) is 2. The minimum Gasteiger partial charge on any atom is -0.358 e. The summed E-state index contributed by atoms with van der Waals surface area (Å²) in [7, 11) is 1.45. The zero-order chi connectivity index (χ0) is 43.2. The average Bonchev–Trinajstić information content (AvgIpc) is 3.70. The fourth-order valence-corrected chi connectivity index (χ4v) is 6.83. The summed E-state index contributed by atoms with van der Waals surface area (Å²) in [5.41, 5.74) is 18.4. The van der Waals surface area contributed by atoms with Gasteiger partial charge in [0.1, 0.15) is 30.2 Å². The molecule has 2 rings (SSSR count). The summed E-state index contributed by atoms with van der Waals surface area (Å²) in [6, 6.07) is 3.28. The van der Waals surface area contributed by atoms with E-state index in [-0.39, 0.29) is 44.2 Å². The molecule has 0 radical (unpaired) electrons. The Kier molecular flexibility index (Phi) is 22.5. The molecule has 17 heteroatoms. The van der Waals surface area contributed by atoms with Gasteiger partial charge in [0.25, 0.3) is 0 Å². The number of carbonyl (C=O) groups is 7. The van der Waals surface area contributed by atoms with Crippen LogP contribution in [0, 0.1) is 11.8 Å². The molecule has 1 fully saturated rings. The van der Waals surface area contributed by atoms with E-state index in [2.05, 4.69) is 31.9 Å². The Hall–Kier alpha value is -4.61. The second kappa shape index (κ2) is 26.4. The van der Waals surface area contributed by atoms with E-state index < -0.39 is 77.6 Å². The Morgan fingerprint density at radius 1 is 0.776 bits per heavy atom. The van der Waals surface area contributed by atoms with E-state index in [0.29, 0.717) is 64.5 Å². The predicted molar refractivity (Wildman–Crippen MR) is 222 cm³/mol. The number of benzene rings is 1. The highest BCUT2D eigenvalue weighted by Crippen LogP contribution is 2.21. The fraction of sp³-hybridized carbons (Fsp3) is 0.683. The van der Waals surface area contributed by atoms with Gasteiger partial charge in [-0.15, -0.1) is 0 Å². The highest BCUT2D eigenvalue weighted by molar-refractivity contribution is 5.97. The second-order valence-corrected chi connectivity index (χ2v) is 15.6. The topological polar surface area (TPSA) is 273 Å². The Labute approximate surface area is 343 Å². The van der Waals surface area contributed by atoms with E-state index in [0.717, 1.165) is 5.56 Å². The minimum absolute atomic E-state index is 0.147. The Morgan fingerprint density at radius 3 is 1.98 bits per heavy atom. The van der Waals surface area contributed by atoms with Crippen LogP contribution in [-0.4, -0.2) is 116 Å². The van der Waals surface area contributed by atoms with Gasteiger partial charge in [0.2, 0.25) is 41.4 Å².